The van der Waals surface area contributed by atoms with E-state index in [9.17, 15) is 4.39 Å². The van der Waals surface area contributed by atoms with E-state index in [0.717, 1.165) is 11.3 Å². The normalized spacial score (nSPS) is 11.0. The zero-order valence-corrected chi connectivity index (χ0v) is 14.4. The molecule has 24 heavy (non-hydrogen) atoms. The first kappa shape index (κ1) is 16.5. The molecule has 0 unspecified atom stereocenters. The topological polar surface area (TPSA) is 53.6 Å². The second-order valence-electron chi connectivity index (χ2n) is 5.75. The molecule has 3 rings (SSSR count). The monoisotopic (exact) mass is 342 g/mol. The Hall–Kier alpha value is -2.34. The Morgan fingerprint density at radius 2 is 1.88 bits per heavy atom. The number of thioether (sulfide) groups is 1. The summed E-state index contributed by atoms with van der Waals surface area (Å²) in [7, 11) is 0. The van der Waals surface area contributed by atoms with Crippen LogP contribution in [-0.2, 0) is 5.75 Å². The second-order valence-corrected chi connectivity index (χ2v) is 6.69. The molecule has 2 aromatic carbocycles. The Labute approximate surface area is 144 Å². The van der Waals surface area contributed by atoms with Crippen molar-refractivity contribution < 1.29 is 4.39 Å². The molecular weight excluding hydrogens is 323 g/mol. The van der Waals surface area contributed by atoms with Gasteiger partial charge in [-0.1, -0.05) is 55.9 Å². The van der Waals surface area contributed by atoms with Crippen molar-refractivity contribution in [1.82, 2.24) is 15.2 Å². The lowest BCUT2D eigenvalue weighted by Crippen LogP contribution is -1.98. The summed E-state index contributed by atoms with van der Waals surface area (Å²) < 4.78 is 12.9. The largest absolute Gasteiger partial charge is 0.324 e. The van der Waals surface area contributed by atoms with Crippen LogP contribution in [-0.4, -0.2) is 15.2 Å². The lowest BCUT2D eigenvalue weighted by Gasteiger charge is -2.12. The predicted molar refractivity (Wildman–Crippen MR) is 96.2 cm³/mol. The molecule has 0 bridgehead atoms. The zero-order chi connectivity index (χ0) is 16.9. The smallest absolute Gasteiger partial charge is 0.223 e. The van der Waals surface area contributed by atoms with E-state index in [-0.39, 0.29) is 5.82 Å². The van der Waals surface area contributed by atoms with E-state index in [1.54, 1.807) is 12.1 Å². The van der Waals surface area contributed by atoms with Gasteiger partial charge in [0.05, 0.1) is 0 Å². The van der Waals surface area contributed by atoms with E-state index in [0.29, 0.717) is 22.8 Å². The van der Waals surface area contributed by atoms with Crippen LogP contribution in [0, 0.1) is 5.82 Å². The van der Waals surface area contributed by atoms with Gasteiger partial charge < -0.3 is 5.32 Å². The third kappa shape index (κ3) is 4.14. The van der Waals surface area contributed by atoms with Crippen LogP contribution in [0.2, 0.25) is 0 Å². The molecule has 0 aliphatic carbocycles. The summed E-state index contributed by atoms with van der Waals surface area (Å²) in [5.41, 5.74) is 3.29. The minimum Gasteiger partial charge on any atom is -0.324 e. The molecule has 0 amide bonds. The molecule has 6 heteroatoms. The van der Waals surface area contributed by atoms with E-state index in [1.807, 2.05) is 18.2 Å². The van der Waals surface area contributed by atoms with Crippen LogP contribution in [0.25, 0.3) is 0 Å². The Morgan fingerprint density at radius 3 is 2.62 bits per heavy atom. The van der Waals surface area contributed by atoms with Gasteiger partial charge in [-0.3, -0.25) is 0 Å². The molecule has 2 N–H and O–H groups in total. The second kappa shape index (κ2) is 7.49. The first-order valence-corrected chi connectivity index (χ1v) is 8.76. The number of H-pyrrole nitrogens is 1. The highest BCUT2D eigenvalue weighted by atomic mass is 32.2. The number of nitrogens with zero attached hydrogens (tertiary/aromatic N) is 2. The molecule has 0 atom stereocenters. The highest BCUT2D eigenvalue weighted by Crippen LogP contribution is 2.26. The summed E-state index contributed by atoms with van der Waals surface area (Å²) in [6.45, 7) is 4.32. The Bertz CT molecular complexity index is 799. The lowest BCUT2D eigenvalue weighted by atomic mass is 10.0. The average Bonchev–Trinajstić information content (AvgIpc) is 3.02. The summed E-state index contributed by atoms with van der Waals surface area (Å²) in [6.07, 6.45) is 0. The van der Waals surface area contributed by atoms with Crippen molar-refractivity contribution in [2.75, 3.05) is 5.32 Å². The van der Waals surface area contributed by atoms with Gasteiger partial charge >= 0.3 is 0 Å². The summed E-state index contributed by atoms with van der Waals surface area (Å²) in [5, 5.41) is 11.1. The van der Waals surface area contributed by atoms with Gasteiger partial charge in [-0.15, -0.1) is 5.10 Å². The van der Waals surface area contributed by atoms with Crippen LogP contribution in [0.5, 0.6) is 0 Å². The minimum absolute atomic E-state index is 0.225. The van der Waals surface area contributed by atoms with Crippen molar-refractivity contribution >= 4 is 23.4 Å². The van der Waals surface area contributed by atoms with E-state index < -0.39 is 0 Å². The van der Waals surface area contributed by atoms with Crippen molar-refractivity contribution in [1.29, 1.82) is 0 Å². The van der Waals surface area contributed by atoms with E-state index in [1.165, 1.54) is 29.5 Å². The van der Waals surface area contributed by atoms with Gasteiger partial charge in [0.2, 0.25) is 11.1 Å². The highest BCUT2D eigenvalue weighted by molar-refractivity contribution is 7.98. The summed E-state index contributed by atoms with van der Waals surface area (Å²) in [6, 6.07) is 14.6. The lowest BCUT2D eigenvalue weighted by molar-refractivity contribution is 0.627. The fourth-order valence-corrected chi connectivity index (χ4v) is 3.09. The fourth-order valence-electron chi connectivity index (χ4n) is 2.34. The molecule has 0 radical (unpaired) electrons. The number of para-hydroxylation sites is 1. The molecule has 0 spiro atoms. The number of rotatable bonds is 6. The third-order valence-electron chi connectivity index (χ3n) is 3.58. The van der Waals surface area contributed by atoms with E-state index >= 15 is 0 Å². The van der Waals surface area contributed by atoms with Crippen molar-refractivity contribution in [2.45, 2.75) is 30.7 Å². The van der Waals surface area contributed by atoms with Crippen LogP contribution in [0.15, 0.2) is 53.7 Å². The predicted octanol–water partition coefficient (Wildman–Crippen LogP) is 5.10. The summed E-state index contributed by atoms with van der Waals surface area (Å²) in [4.78, 5) is 4.45. The summed E-state index contributed by atoms with van der Waals surface area (Å²) >= 11 is 1.51. The number of hydrogen-bond acceptors (Lipinski definition) is 4. The Balaban J connectivity index is 1.64. The van der Waals surface area contributed by atoms with Crippen LogP contribution in [0.3, 0.4) is 0 Å². The Kier molecular flexibility index (Phi) is 5.15. The van der Waals surface area contributed by atoms with Gasteiger partial charge in [0.15, 0.2) is 0 Å². The molecule has 0 saturated heterocycles. The van der Waals surface area contributed by atoms with Crippen molar-refractivity contribution in [3.63, 3.8) is 0 Å². The van der Waals surface area contributed by atoms with Gasteiger partial charge in [0.1, 0.15) is 5.82 Å². The molecule has 1 aromatic heterocycles. The molecule has 0 aliphatic rings. The molecular formula is C18H19FN4S. The van der Waals surface area contributed by atoms with Crippen molar-refractivity contribution in [2.24, 2.45) is 0 Å². The molecule has 4 nitrogen and oxygen atoms in total. The van der Waals surface area contributed by atoms with Crippen LogP contribution < -0.4 is 5.32 Å². The number of halogens is 1. The van der Waals surface area contributed by atoms with E-state index in [4.69, 9.17) is 0 Å². The quantitative estimate of drug-likeness (QED) is 0.612. The van der Waals surface area contributed by atoms with Crippen LogP contribution in [0.4, 0.5) is 16.0 Å². The highest BCUT2D eigenvalue weighted by Gasteiger charge is 2.09. The first-order chi connectivity index (χ1) is 11.6. The van der Waals surface area contributed by atoms with Crippen LogP contribution >= 0.6 is 11.8 Å². The number of anilines is 2. The Morgan fingerprint density at radius 1 is 1.12 bits per heavy atom. The number of hydrogen-bond donors (Lipinski definition) is 2. The number of aromatic amines is 1. The maximum Gasteiger partial charge on any atom is 0.223 e. The molecule has 124 valence electrons. The van der Waals surface area contributed by atoms with Gasteiger partial charge in [-0.2, -0.15) is 4.98 Å². The zero-order valence-electron chi connectivity index (χ0n) is 13.6. The van der Waals surface area contributed by atoms with Crippen molar-refractivity contribution in [3.05, 3.63) is 65.5 Å². The number of aromatic nitrogens is 3. The number of benzene rings is 2. The van der Waals surface area contributed by atoms with Gasteiger partial charge in [-0.25, -0.2) is 9.49 Å². The van der Waals surface area contributed by atoms with Gasteiger partial charge in [0, 0.05) is 11.4 Å². The maximum absolute atomic E-state index is 12.9. The molecule has 1 heterocycles. The minimum atomic E-state index is -0.225. The van der Waals surface area contributed by atoms with Gasteiger partial charge in [-0.05, 0) is 35.2 Å². The average molecular weight is 342 g/mol. The molecule has 3 aromatic rings. The molecule has 0 fully saturated rings. The maximum atomic E-state index is 12.9. The summed E-state index contributed by atoms with van der Waals surface area (Å²) in [5.74, 6) is 1.51. The van der Waals surface area contributed by atoms with Gasteiger partial charge in [0.25, 0.3) is 0 Å². The SMILES string of the molecule is CC(C)c1ccccc1Nc1nc(SCc2ccc(F)cc2)n[nH]1. The first-order valence-electron chi connectivity index (χ1n) is 7.77. The van der Waals surface area contributed by atoms with Crippen LogP contribution in [0.1, 0.15) is 30.9 Å². The van der Waals surface area contributed by atoms with Crippen molar-refractivity contribution in [3.8, 4) is 0 Å². The number of nitrogens with one attached hydrogen (secondary N) is 2. The molecule has 0 aliphatic heterocycles. The molecule has 0 saturated carbocycles. The standard InChI is InChI=1S/C18H19FN4S/c1-12(2)15-5-3-4-6-16(15)20-17-21-18(23-22-17)24-11-13-7-9-14(19)10-8-13/h3-10,12H,11H2,1-2H3,(H2,20,21,22,23). The van der Waals surface area contributed by atoms with E-state index in [2.05, 4.69) is 40.4 Å². The third-order valence-corrected chi connectivity index (χ3v) is 4.50. The fraction of sp³-hybridized carbons (Fsp3) is 0.222.